The Kier molecular flexibility index (Phi) is 5.16. The second kappa shape index (κ2) is 8.28. The molecule has 2 saturated heterocycles. The van der Waals surface area contributed by atoms with Gasteiger partial charge in [-0.15, -0.1) is 0 Å². The molecule has 0 aliphatic carbocycles. The van der Waals surface area contributed by atoms with Crippen LogP contribution in [0.2, 0.25) is 5.02 Å². The number of fused-ring (bicyclic) bond motifs is 5. The van der Waals surface area contributed by atoms with E-state index in [9.17, 15) is 19.2 Å². The third kappa shape index (κ3) is 3.25. The van der Waals surface area contributed by atoms with Crippen molar-refractivity contribution in [3.63, 3.8) is 0 Å². The molecule has 178 valence electrons. The number of nitrogens with zero attached hydrogens (tertiary/aromatic N) is 2. The molecular weight excluding hydrogens is 476 g/mol. The fraction of sp³-hybridized carbons (Fsp3) is 0.172. The van der Waals surface area contributed by atoms with Gasteiger partial charge in [0.15, 0.2) is 11.6 Å². The van der Waals surface area contributed by atoms with Gasteiger partial charge in [0.2, 0.25) is 11.8 Å². The summed E-state index contributed by atoms with van der Waals surface area (Å²) in [7, 11) is 0. The lowest BCUT2D eigenvalue weighted by Crippen LogP contribution is -2.48. The standard InChI is InChI=1S/C29H21ClN2O4/c1-16(33)17-8-13-21(14-9-17)31-28(35)24-23-15-10-18-4-2-3-5-22(18)32(23)26(25(24)29(31)36)27(34)19-6-11-20(30)12-7-19/h2-15,23-26H,1H3/t23-,24-,25-,26-/m0/s1. The van der Waals surface area contributed by atoms with E-state index in [1.807, 2.05) is 41.3 Å². The maximum Gasteiger partial charge on any atom is 0.240 e. The minimum absolute atomic E-state index is 0.104. The van der Waals surface area contributed by atoms with E-state index in [4.69, 9.17) is 11.6 Å². The Morgan fingerprint density at radius 3 is 2.14 bits per heavy atom. The molecule has 0 radical (unpaired) electrons. The zero-order valence-corrected chi connectivity index (χ0v) is 20.1. The molecule has 2 fully saturated rings. The Hall–Kier alpha value is -4.03. The van der Waals surface area contributed by atoms with Crippen molar-refractivity contribution in [3.8, 4) is 0 Å². The van der Waals surface area contributed by atoms with Gasteiger partial charge in [0.05, 0.1) is 23.6 Å². The minimum Gasteiger partial charge on any atom is -0.352 e. The molecule has 2 amide bonds. The summed E-state index contributed by atoms with van der Waals surface area (Å²) in [6.07, 6.45) is 3.87. The summed E-state index contributed by atoms with van der Waals surface area (Å²) in [4.78, 5) is 56.4. The van der Waals surface area contributed by atoms with Crippen LogP contribution in [0.5, 0.6) is 0 Å². The summed E-state index contributed by atoms with van der Waals surface area (Å²) >= 11 is 6.05. The Morgan fingerprint density at radius 2 is 1.44 bits per heavy atom. The molecule has 6 rings (SSSR count). The predicted octanol–water partition coefficient (Wildman–Crippen LogP) is 4.82. The van der Waals surface area contributed by atoms with Crippen LogP contribution in [-0.2, 0) is 9.59 Å². The lowest BCUT2D eigenvalue weighted by atomic mass is 9.86. The van der Waals surface area contributed by atoms with E-state index >= 15 is 0 Å². The molecule has 6 nitrogen and oxygen atoms in total. The third-order valence-corrected chi connectivity index (χ3v) is 7.60. The van der Waals surface area contributed by atoms with Crippen molar-refractivity contribution in [2.45, 2.75) is 19.0 Å². The highest BCUT2D eigenvalue weighted by Gasteiger charge is 2.64. The normalized spacial score (nSPS) is 23.9. The molecule has 3 aliphatic heterocycles. The van der Waals surface area contributed by atoms with Crippen LogP contribution in [-0.4, -0.2) is 35.5 Å². The molecule has 3 aromatic rings. The molecule has 36 heavy (non-hydrogen) atoms. The summed E-state index contributed by atoms with van der Waals surface area (Å²) < 4.78 is 0. The highest BCUT2D eigenvalue weighted by molar-refractivity contribution is 6.30. The molecule has 0 spiro atoms. The van der Waals surface area contributed by atoms with Crippen LogP contribution in [0, 0.1) is 11.8 Å². The van der Waals surface area contributed by atoms with Crippen molar-refractivity contribution in [1.29, 1.82) is 0 Å². The van der Waals surface area contributed by atoms with Gasteiger partial charge in [-0.05, 0) is 67.1 Å². The van der Waals surface area contributed by atoms with Crippen LogP contribution in [0.15, 0.2) is 78.9 Å². The van der Waals surface area contributed by atoms with Gasteiger partial charge in [-0.1, -0.05) is 42.0 Å². The van der Waals surface area contributed by atoms with Gasteiger partial charge in [0, 0.05) is 21.8 Å². The van der Waals surface area contributed by atoms with Gasteiger partial charge >= 0.3 is 0 Å². The van der Waals surface area contributed by atoms with Gasteiger partial charge in [0.25, 0.3) is 0 Å². The molecule has 3 aliphatic rings. The summed E-state index contributed by atoms with van der Waals surface area (Å²) in [6.45, 7) is 1.46. The SMILES string of the molecule is CC(=O)c1ccc(N2C(=O)[C@@H]3[C@H](C2=O)[C@@H](C(=O)c2ccc(Cl)cc2)N2c4ccccc4C=C[C@@H]32)cc1. The van der Waals surface area contributed by atoms with Crippen LogP contribution in [0.4, 0.5) is 11.4 Å². The molecule has 0 unspecified atom stereocenters. The summed E-state index contributed by atoms with van der Waals surface area (Å²) in [5.41, 5.74) is 3.07. The molecule has 3 aromatic carbocycles. The molecule has 0 bridgehead atoms. The van der Waals surface area contributed by atoms with Crippen molar-refractivity contribution in [2.24, 2.45) is 11.8 Å². The van der Waals surface area contributed by atoms with Crippen molar-refractivity contribution in [3.05, 3.63) is 101 Å². The number of carbonyl (C=O) groups excluding carboxylic acids is 4. The summed E-state index contributed by atoms with van der Waals surface area (Å²) in [5, 5.41) is 0.507. The van der Waals surface area contributed by atoms with E-state index in [1.54, 1.807) is 48.5 Å². The van der Waals surface area contributed by atoms with Gasteiger partial charge in [-0.2, -0.15) is 0 Å². The van der Waals surface area contributed by atoms with E-state index in [1.165, 1.54) is 11.8 Å². The second-order valence-corrected chi connectivity index (χ2v) is 9.73. The maximum atomic E-state index is 14.0. The number of Topliss-reactive ketones (excluding diaryl/α,β-unsaturated/α-hetero) is 2. The average Bonchev–Trinajstić information content (AvgIpc) is 3.37. The van der Waals surface area contributed by atoms with E-state index in [0.717, 1.165) is 11.3 Å². The summed E-state index contributed by atoms with van der Waals surface area (Å²) in [5.74, 6) is -2.65. The van der Waals surface area contributed by atoms with Gasteiger partial charge in [-0.25, -0.2) is 4.90 Å². The number of hydrogen-bond donors (Lipinski definition) is 0. The Labute approximate surface area is 212 Å². The number of halogens is 1. The van der Waals surface area contributed by atoms with Crippen molar-refractivity contribution in [2.75, 3.05) is 9.80 Å². The van der Waals surface area contributed by atoms with Crippen LogP contribution < -0.4 is 9.80 Å². The van der Waals surface area contributed by atoms with Crippen LogP contribution in [0.1, 0.15) is 33.2 Å². The highest BCUT2D eigenvalue weighted by Crippen LogP contribution is 2.49. The predicted molar refractivity (Wildman–Crippen MR) is 137 cm³/mol. The van der Waals surface area contributed by atoms with Gasteiger partial charge in [-0.3, -0.25) is 19.2 Å². The zero-order valence-electron chi connectivity index (χ0n) is 19.3. The van der Waals surface area contributed by atoms with Crippen LogP contribution >= 0.6 is 11.6 Å². The topological polar surface area (TPSA) is 74.8 Å². The van der Waals surface area contributed by atoms with Crippen molar-refractivity contribution >= 4 is 52.4 Å². The monoisotopic (exact) mass is 496 g/mol. The number of para-hydroxylation sites is 1. The minimum atomic E-state index is -0.856. The number of ketones is 2. The number of rotatable bonds is 4. The van der Waals surface area contributed by atoms with Crippen LogP contribution in [0.3, 0.4) is 0 Å². The van der Waals surface area contributed by atoms with Crippen molar-refractivity contribution < 1.29 is 19.2 Å². The molecule has 0 N–H and O–H groups in total. The molecule has 0 aromatic heterocycles. The fourth-order valence-electron chi connectivity index (χ4n) is 5.70. The summed E-state index contributed by atoms with van der Waals surface area (Å²) in [6, 6.07) is 19.4. The first kappa shape index (κ1) is 22.4. The van der Waals surface area contributed by atoms with E-state index in [2.05, 4.69) is 0 Å². The lowest BCUT2D eigenvalue weighted by Gasteiger charge is -2.36. The number of benzene rings is 3. The molecule has 7 heteroatoms. The number of hydrogen-bond acceptors (Lipinski definition) is 5. The van der Waals surface area contributed by atoms with Gasteiger partial charge in [0.1, 0.15) is 6.04 Å². The molecule has 0 saturated carbocycles. The van der Waals surface area contributed by atoms with Crippen molar-refractivity contribution in [1.82, 2.24) is 0 Å². The van der Waals surface area contributed by atoms with Gasteiger partial charge < -0.3 is 4.90 Å². The number of anilines is 2. The second-order valence-electron chi connectivity index (χ2n) is 9.30. The number of amides is 2. The fourth-order valence-corrected chi connectivity index (χ4v) is 5.82. The lowest BCUT2D eigenvalue weighted by molar-refractivity contribution is -0.122. The largest absolute Gasteiger partial charge is 0.352 e. The zero-order chi connectivity index (χ0) is 25.1. The first-order valence-electron chi connectivity index (χ1n) is 11.7. The van der Waals surface area contributed by atoms with E-state index in [0.29, 0.717) is 21.8 Å². The molecule has 4 atom stereocenters. The smallest absolute Gasteiger partial charge is 0.240 e. The number of carbonyl (C=O) groups is 4. The Morgan fingerprint density at radius 1 is 0.806 bits per heavy atom. The Bertz CT molecular complexity index is 1460. The molecule has 3 heterocycles. The quantitative estimate of drug-likeness (QED) is 0.382. The highest BCUT2D eigenvalue weighted by atomic mass is 35.5. The van der Waals surface area contributed by atoms with E-state index in [-0.39, 0.29) is 17.5 Å². The first-order valence-corrected chi connectivity index (χ1v) is 12.1. The molecular formula is C29H21ClN2O4. The maximum absolute atomic E-state index is 14.0. The van der Waals surface area contributed by atoms with Crippen LogP contribution in [0.25, 0.3) is 6.08 Å². The third-order valence-electron chi connectivity index (χ3n) is 7.34. The average molecular weight is 497 g/mol. The Balaban J connectivity index is 1.46. The van der Waals surface area contributed by atoms with E-state index < -0.39 is 29.8 Å². The first-order chi connectivity index (χ1) is 17.4. The number of imide groups is 1.